The molecule has 4 rings (SSSR count). The number of allylic oxidation sites excluding steroid dienone is 1. The molecule has 1 aliphatic rings. The first kappa shape index (κ1) is 17.9. The minimum Gasteiger partial charge on any atom is -0.422 e. The number of aromatic nitrogens is 2. The topological polar surface area (TPSA) is 105 Å². The number of rotatable bonds is 4. The van der Waals surface area contributed by atoms with Crippen molar-refractivity contribution in [2.24, 2.45) is 5.73 Å². The lowest BCUT2D eigenvalue weighted by atomic mass is 9.85. The molecule has 0 aliphatic carbocycles. The van der Waals surface area contributed by atoms with Gasteiger partial charge in [-0.25, -0.2) is 0 Å². The van der Waals surface area contributed by atoms with Crippen LogP contribution in [0.1, 0.15) is 22.6 Å². The lowest BCUT2D eigenvalue weighted by Crippen LogP contribution is -2.29. The number of nitrogens with two attached hydrogens (primary N) is 1. The first-order chi connectivity index (χ1) is 13.7. The molecule has 6 nitrogen and oxygen atoms in total. The van der Waals surface area contributed by atoms with E-state index in [0.717, 1.165) is 11.1 Å². The van der Waals surface area contributed by atoms with Gasteiger partial charge in [0.15, 0.2) is 5.16 Å². The summed E-state index contributed by atoms with van der Waals surface area (Å²) in [7, 11) is 0. The molecule has 0 spiro atoms. The van der Waals surface area contributed by atoms with Gasteiger partial charge in [-0.15, -0.1) is 0 Å². The molecular weight excluding hydrogens is 372 g/mol. The Labute approximate surface area is 165 Å². The molecule has 7 heteroatoms. The molecule has 0 radical (unpaired) electrons. The highest BCUT2D eigenvalue weighted by Gasteiger charge is 2.34. The first-order valence-electron chi connectivity index (χ1n) is 8.61. The van der Waals surface area contributed by atoms with Gasteiger partial charge in [0.2, 0.25) is 11.8 Å². The largest absolute Gasteiger partial charge is 0.422 e. The van der Waals surface area contributed by atoms with Crippen LogP contribution < -0.4 is 16.0 Å². The highest BCUT2D eigenvalue weighted by Crippen LogP contribution is 2.39. The molecule has 1 atom stereocenters. The van der Waals surface area contributed by atoms with Gasteiger partial charge in [0.05, 0.1) is 11.5 Å². The smallest absolute Gasteiger partial charge is 0.259 e. The Balaban J connectivity index is 1.74. The number of hydrogen-bond donors (Lipinski definition) is 2. The molecule has 3 aromatic rings. The van der Waals surface area contributed by atoms with Crippen LogP contribution in [0.15, 0.2) is 82.1 Å². The fourth-order valence-electron chi connectivity index (χ4n) is 3.11. The number of ether oxygens (including phenoxy) is 1. The van der Waals surface area contributed by atoms with Crippen LogP contribution in [0.25, 0.3) is 0 Å². The highest BCUT2D eigenvalue weighted by atomic mass is 32.2. The number of hydrogen-bond acceptors (Lipinski definition) is 6. The molecule has 2 heterocycles. The van der Waals surface area contributed by atoms with Crippen LogP contribution in [0.2, 0.25) is 0 Å². The maximum atomic E-state index is 12.9. The van der Waals surface area contributed by atoms with E-state index in [0.29, 0.717) is 16.5 Å². The van der Waals surface area contributed by atoms with Gasteiger partial charge in [-0.3, -0.25) is 4.79 Å². The van der Waals surface area contributed by atoms with E-state index in [4.69, 9.17) is 10.5 Å². The van der Waals surface area contributed by atoms with Gasteiger partial charge in [-0.05, 0) is 11.1 Å². The number of nitrogens with zero attached hydrogens (tertiary/aromatic N) is 2. The minimum absolute atomic E-state index is 0.0269. The molecule has 0 saturated carbocycles. The van der Waals surface area contributed by atoms with E-state index in [1.54, 1.807) is 0 Å². The SMILES string of the molecule is N#CC1=C(N)Oc2nc(SCc3ccccc3)[nH]c(=O)c2[C@H]1c1ccccc1. The zero-order valence-corrected chi connectivity index (χ0v) is 15.6. The predicted octanol–water partition coefficient (Wildman–Crippen LogP) is 3.28. The van der Waals surface area contributed by atoms with Crippen molar-refractivity contribution in [2.75, 3.05) is 0 Å². The summed E-state index contributed by atoms with van der Waals surface area (Å²) in [5.74, 6) is 0.157. The van der Waals surface area contributed by atoms with Crippen LogP contribution >= 0.6 is 11.8 Å². The van der Waals surface area contributed by atoms with Gasteiger partial charge >= 0.3 is 0 Å². The molecule has 1 aliphatic heterocycles. The summed E-state index contributed by atoms with van der Waals surface area (Å²) in [6.45, 7) is 0. The number of aromatic amines is 1. The Kier molecular flexibility index (Phi) is 4.87. The van der Waals surface area contributed by atoms with Crippen molar-refractivity contribution in [3.05, 3.63) is 99.2 Å². The molecule has 0 saturated heterocycles. The second-order valence-corrected chi connectivity index (χ2v) is 7.16. The van der Waals surface area contributed by atoms with Crippen molar-refractivity contribution < 1.29 is 4.74 Å². The Morgan fingerprint density at radius 3 is 2.50 bits per heavy atom. The molecule has 0 unspecified atom stereocenters. The van der Waals surface area contributed by atoms with E-state index in [-0.39, 0.29) is 22.9 Å². The molecule has 138 valence electrons. The number of nitriles is 1. The average Bonchev–Trinajstić information content (AvgIpc) is 2.72. The molecule has 2 aromatic carbocycles. The van der Waals surface area contributed by atoms with Crippen LogP contribution in [-0.2, 0) is 5.75 Å². The quantitative estimate of drug-likeness (QED) is 0.525. The summed E-state index contributed by atoms with van der Waals surface area (Å²) in [5.41, 5.74) is 8.03. The molecule has 0 amide bonds. The summed E-state index contributed by atoms with van der Waals surface area (Å²) in [4.78, 5) is 20.1. The molecular formula is C21H16N4O2S. The predicted molar refractivity (Wildman–Crippen MR) is 107 cm³/mol. The van der Waals surface area contributed by atoms with Crippen LogP contribution in [-0.4, -0.2) is 9.97 Å². The third kappa shape index (κ3) is 3.38. The van der Waals surface area contributed by atoms with Gasteiger partial charge in [0, 0.05) is 5.75 Å². The fraction of sp³-hybridized carbons (Fsp3) is 0.0952. The van der Waals surface area contributed by atoms with Crippen molar-refractivity contribution in [1.29, 1.82) is 5.26 Å². The number of nitrogens with one attached hydrogen (secondary N) is 1. The molecule has 0 fully saturated rings. The molecule has 1 aromatic heterocycles. The maximum absolute atomic E-state index is 12.9. The fourth-order valence-corrected chi connectivity index (χ4v) is 3.92. The van der Waals surface area contributed by atoms with E-state index in [9.17, 15) is 10.1 Å². The van der Waals surface area contributed by atoms with Crippen molar-refractivity contribution in [2.45, 2.75) is 16.8 Å². The van der Waals surface area contributed by atoms with Gasteiger partial charge in [0.1, 0.15) is 11.6 Å². The van der Waals surface area contributed by atoms with Crippen LogP contribution in [0.5, 0.6) is 5.88 Å². The highest BCUT2D eigenvalue weighted by molar-refractivity contribution is 7.98. The van der Waals surface area contributed by atoms with Gasteiger partial charge < -0.3 is 15.5 Å². The summed E-state index contributed by atoms with van der Waals surface area (Å²) >= 11 is 1.40. The van der Waals surface area contributed by atoms with Crippen molar-refractivity contribution in [3.63, 3.8) is 0 Å². The van der Waals surface area contributed by atoms with Gasteiger partial charge in [0.25, 0.3) is 5.56 Å². The van der Waals surface area contributed by atoms with E-state index in [1.807, 2.05) is 60.7 Å². The second-order valence-electron chi connectivity index (χ2n) is 6.20. The van der Waals surface area contributed by atoms with E-state index in [1.165, 1.54) is 11.8 Å². The van der Waals surface area contributed by atoms with E-state index < -0.39 is 5.92 Å². The first-order valence-corrected chi connectivity index (χ1v) is 9.59. The molecule has 3 N–H and O–H groups in total. The lowest BCUT2D eigenvalue weighted by molar-refractivity contribution is 0.370. The van der Waals surface area contributed by atoms with E-state index >= 15 is 0 Å². The summed E-state index contributed by atoms with van der Waals surface area (Å²) in [6.07, 6.45) is 0. The standard InChI is InChI=1S/C21H16N4O2S/c22-11-15-16(14-9-5-2-6-10-14)17-19(26)24-21(25-20(17)27-18(15)23)28-12-13-7-3-1-4-8-13/h1-10,16H,12,23H2,(H,24,25,26)/t16-/m0/s1. The number of benzene rings is 2. The summed E-state index contributed by atoms with van der Waals surface area (Å²) < 4.78 is 5.55. The number of thioether (sulfide) groups is 1. The lowest BCUT2D eigenvalue weighted by Gasteiger charge is -2.24. The van der Waals surface area contributed by atoms with Crippen LogP contribution in [0.3, 0.4) is 0 Å². The maximum Gasteiger partial charge on any atom is 0.259 e. The molecule has 0 bridgehead atoms. The zero-order valence-electron chi connectivity index (χ0n) is 14.8. The zero-order chi connectivity index (χ0) is 19.5. The number of fused-ring (bicyclic) bond motifs is 1. The summed E-state index contributed by atoms with van der Waals surface area (Å²) in [5, 5.41) is 10.0. The third-order valence-corrected chi connectivity index (χ3v) is 5.36. The Bertz CT molecular complexity index is 1130. The van der Waals surface area contributed by atoms with Crippen molar-refractivity contribution >= 4 is 11.8 Å². The number of H-pyrrole nitrogens is 1. The minimum atomic E-state index is -0.612. The normalized spacial score (nSPS) is 15.5. The van der Waals surface area contributed by atoms with Gasteiger partial charge in [-0.2, -0.15) is 10.2 Å². The second kappa shape index (κ2) is 7.62. The Morgan fingerprint density at radius 1 is 1.14 bits per heavy atom. The van der Waals surface area contributed by atoms with Crippen molar-refractivity contribution in [1.82, 2.24) is 9.97 Å². The monoisotopic (exact) mass is 388 g/mol. The van der Waals surface area contributed by atoms with Crippen LogP contribution in [0.4, 0.5) is 0 Å². The Hall–Kier alpha value is -3.50. The third-order valence-electron chi connectivity index (χ3n) is 4.42. The Morgan fingerprint density at radius 2 is 1.82 bits per heavy atom. The van der Waals surface area contributed by atoms with Crippen molar-refractivity contribution in [3.8, 4) is 11.9 Å². The summed E-state index contributed by atoms with van der Waals surface area (Å²) in [6, 6.07) is 21.2. The van der Waals surface area contributed by atoms with Gasteiger partial charge in [-0.1, -0.05) is 72.4 Å². The molecule has 28 heavy (non-hydrogen) atoms. The average molecular weight is 388 g/mol. The van der Waals surface area contributed by atoms with Crippen LogP contribution in [0, 0.1) is 11.3 Å². The van der Waals surface area contributed by atoms with E-state index in [2.05, 4.69) is 16.0 Å².